The number of piperazine rings is 1. The molecule has 4 nitrogen and oxygen atoms in total. The molecule has 2 aromatic rings. The van der Waals surface area contributed by atoms with E-state index in [2.05, 4.69) is 15.2 Å². The van der Waals surface area contributed by atoms with Gasteiger partial charge >= 0.3 is 0 Å². The number of nitrogens with zero attached hydrogens (tertiary/aromatic N) is 2. The zero-order valence-electron chi connectivity index (χ0n) is 8.44. The molecule has 0 aliphatic carbocycles. The standard InChI is InChI=1S/C11H13N3O/c1-2-13-7-11-9(1)10(8-15-11)14-5-3-12-4-6-14/h1-2,7-8,12H,3-6H2. The van der Waals surface area contributed by atoms with Crippen LogP contribution in [0.4, 0.5) is 5.69 Å². The van der Waals surface area contributed by atoms with Gasteiger partial charge in [0.1, 0.15) is 6.26 Å². The Morgan fingerprint density at radius 3 is 3.07 bits per heavy atom. The lowest BCUT2D eigenvalue weighted by Gasteiger charge is -2.28. The van der Waals surface area contributed by atoms with E-state index in [0.29, 0.717) is 0 Å². The second-order valence-electron chi connectivity index (χ2n) is 3.73. The molecule has 0 radical (unpaired) electrons. The van der Waals surface area contributed by atoms with Crippen molar-refractivity contribution in [2.75, 3.05) is 31.1 Å². The van der Waals surface area contributed by atoms with Crippen molar-refractivity contribution < 1.29 is 4.42 Å². The van der Waals surface area contributed by atoms with Crippen molar-refractivity contribution in [1.29, 1.82) is 0 Å². The van der Waals surface area contributed by atoms with E-state index in [9.17, 15) is 0 Å². The van der Waals surface area contributed by atoms with Crippen LogP contribution in [-0.2, 0) is 0 Å². The maximum atomic E-state index is 5.48. The van der Waals surface area contributed by atoms with Crippen molar-refractivity contribution >= 4 is 16.7 Å². The molecule has 78 valence electrons. The third-order valence-corrected chi connectivity index (χ3v) is 2.82. The van der Waals surface area contributed by atoms with Crippen LogP contribution in [-0.4, -0.2) is 31.2 Å². The van der Waals surface area contributed by atoms with Crippen LogP contribution in [0.3, 0.4) is 0 Å². The van der Waals surface area contributed by atoms with Crippen LogP contribution >= 0.6 is 0 Å². The van der Waals surface area contributed by atoms with Crippen molar-refractivity contribution in [1.82, 2.24) is 10.3 Å². The first-order chi connectivity index (χ1) is 7.45. The molecular weight excluding hydrogens is 190 g/mol. The SMILES string of the molecule is c1cc2c(N3CCNCC3)coc2cn1. The zero-order chi connectivity index (χ0) is 10.1. The van der Waals surface area contributed by atoms with E-state index in [-0.39, 0.29) is 0 Å². The van der Waals surface area contributed by atoms with Crippen LogP contribution in [0.15, 0.2) is 29.1 Å². The van der Waals surface area contributed by atoms with Crippen LogP contribution in [0, 0.1) is 0 Å². The monoisotopic (exact) mass is 203 g/mol. The van der Waals surface area contributed by atoms with Gasteiger partial charge in [-0.2, -0.15) is 0 Å². The molecule has 0 saturated carbocycles. The topological polar surface area (TPSA) is 41.3 Å². The number of pyridine rings is 1. The first-order valence-corrected chi connectivity index (χ1v) is 5.22. The van der Waals surface area contributed by atoms with Gasteiger partial charge in [-0.1, -0.05) is 0 Å². The Morgan fingerprint density at radius 1 is 1.33 bits per heavy atom. The van der Waals surface area contributed by atoms with Gasteiger partial charge in [-0.15, -0.1) is 0 Å². The summed E-state index contributed by atoms with van der Waals surface area (Å²) in [5, 5.41) is 4.50. The highest BCUT2D eigenvalue weighted by Gasteiger charge is 2.15. The maximum absolute atomic E-state index is 5.48. The predicted molar refractivity (Wildman–Crippen MR) is 59.1 cm³/mol. The fraction of sp³-hybridized carbons (Fsp3) is 0.364. The molecule has 1 fully saturated rings. The normalized spacial score (nSPS) is 17.2. The predicted octanol–water partition coefficient (Wildman–Crippen LogP) is 1.24. The highest BCUT2D eigenvalue weighted by molar-refractivity contribution is 5.90. The molecule has 15 heavy (non-hydrogen) atoms. The Kier molecular flexibility index (Phi) is 2.07. The fourth-order valence-corrected chi connectivity index (χ4v) is 2.02. The van der Waals surface area contributed by atoms with Crippen LogP contribution in [0.25, 0.3) is 11.0 Å². The van der Waals surface area contributed by atoms with Gasteiger partial charge in [0.15, 0.2) is 5.58 Å². The summed E-state index contributed by atoms with van der Waals surface area (Å²) in [6, 6.07) is 2.01. The summed E-state index contributed by atoms with van der Waals surface area (Å²) in [7, 11) is 0. The minimum absolute atomic E-state index is 0.867. The number of nitrogens with one attached hydrogen (secondary N) is 1. The van der Waals surface area contributed by atoms with E-state index in [1.165, 1.54) is 5.69 Å². The lowest BCUT2D eigenvalue weighted by atomic mass is 10.2. The quantitative estimate of drug-likeness (QED) is 0.757. The van der Waals surface area contributed by atoms with Gasteiger partial charge in [-0.05, 0) is 6.07 Å². The molecular formula is C11H13N3O. The molecule has 0 spiro atoms. The second kappa shape index (κ2) is 3.55. The lowest BCUT2D eigenvalue weighted by Crippen LogP contribution is -2.43. The molecule has 1 saturated heterocycles. The first-order valence-electron chi connectivity index (χ1n) is 5.22. The minimum Gasteiger partial charge on any atom is -0.460 e. The van der Waals surface area contributed by atoms with E-state index in [4.69, 9.17) is 4.42 Å². The smallest absolute Gasteiger partial charge is 0.154 e. The van der Waals surface area contributed by atoms with Gasteiger partial charge in [0.05, 0.1) is 11.9 Å². The number of furan rings is 1. The van der Waals surface area contributed by atoms with Crippen molar-refractivity contribution in [3.05, 3.63) is 24.7 Å². The van der Waals surface area contributed by atoms with Gasteiger partial charge in [0.25, 0.3) is 0 Å². The van der Waals surface area contributed by atoms with Gasteiger partial charge in [-0.25, -0.2) is 0 Å². The average Bonchev–Trinajstić information content (AvgIpc) is 2.74. The van der Waals surface area contributed by atoms with Crippen molar-refractivity contribution in [3.63, 3.8) is 0 Å². The van der Waals surface area contributed by atoms with Crippen LogP contribution < -0.4 is 10.2 Å². The number of fused-ring (bicyclic) bond motifs is 1. The summed E-state index contributed by atoms with van der Waals surface area (Å²) in [5.41, 5.74) is 2.06. The molecule has 3 rings (SSSR count). The molecule has 1 aliphatic heterocycles. The van der Waals surface area contributed by atoms with E-state index < -0.39 is 0 Å². The fourth-order valence-electron chi connectivity index (χ4n) is 2.02. The molecule has 3 heterocycles. The van der Waals surface area contributed by atoms with Gasteiger partial charge < -0.3 is 14.6 Å². The Bertz CT molecular complexity index is 460. The minimum atomic E-state index is 0.867. The lowest BCUT2D eigenvalue weighted by molar-refractivity contribution is 0.578. The Morgan fingerprint density at radius 2 is 2.20 bits per heavy atom. The summed E-state index contributed by atoms with van der Waals surface area (Å²) in [6.07, 6.45) is 5.41. The highest BCUT2D eigenvalue weighted by Crippen LogP contribution is 2.28. The summed E-state index contributed by atoms with van der Waals surface area (Å²) in [5.74, 6) is 0. The summed E-state index contributed by atoms with van der Waals surface area (Å²) >= 11 is 0. The van der Waals surface area contributed by atoms with Crippen molar-refractivity contribution in [2.45, 2.75) is 0 Å². The Hall–Kier alpha value is -1.55. The van der Waals surface area contributed by atoms with Gasteiger partial charge in [0.2, 0.25) is 0 Å². The number of aromatic nitrogens is 1. The summed E-state index contributed by atoms with van der Waals surface area (Å²) in [6.45, 7) is 4.16. The molecule has 1 aliphatic rings. The van der Waals surface area contributed by atoms with Gasteiger partial charge in [0, 0.05) is 37.8 Å². The molecule has 1 N–H and O–H groups in total. The largest absolute Gasteiger partial charge is 0.460 e. The highest BCUT2D eigenvalue weighted by atomic mass is 16.3. The Balaban J connectivity index is 2.02. The molecule has 0 atom stereocenters. The maximum Gasteiger partial charge on any atom is 0.154 e. The molecule has 0 bridgehead atoms. The van der Waals surface area contributed by atoms with Crippen LogP contribution in [0.2, 0.25) is 0 Å². The van der Waals surface area contributed by atoms with Gasteiger partial charge in [-0.3, -0.25) is 4.98 Å². The van der Waals surface area contributed by atoms with E-state index >= 15 is 0 Å². The number of hydrogen-bond acceptors (Lipinski definition) is 4. The van der Waals surface area contributed by atoms with E-state index in [1.807, 2.05) is 18.5 Å². The third-order valence-electron chi connectivity index (χ3n) is 2.82. The molecule has 0 amide bonds. The number of hydrogen-bond donors (Lipinski definition) is 1. The second-order valence-corrected chi connectivity index (χ2v) is 3.73. The zero-order valence-corrected chi connectivity index (χ0v) is 8.44. The van der Waals surface area contributed by atoms with Crippen LogP contribution in [0.1, 0.15) is 0 Å². The molecule has 0 unspecified atom stereocenters. The third kappa shape index (κ3) is 1.47. The molecule has 4 heteroatoms. The number of anilines is 1. The summed E-state index contributed by atoms with van der Waals surface area (Å²) < 4.78 is 5.48. The van der Waals surface area contributed by atoms with E-state index in [0.717, 1.165) is 37.1 Å². The number of rotatable bonds is 1. The average molecular weight is 203 g/mol. The van der Waals surface area contributed by atoms with Crippen molar-refractivity contribution in [2.24, 2.45) is 0 Å². The van der Waals surface area contributed by atoms with Crippen molar-refractivity contribution in [3.8, 4) is 0 Å². The Labute approximate surface area is 87.9 Å². The first kappa shape index (κ1) is 8.73. The molecule has 2 aromatic heterocycles. The van der Waals surface area contributed by atoms with E-state index in [1.54, 1.807) is 6.20 Å². The summed E-state index contributed by atoms with van der Waals surface area (Å²) in [4.78, 5) is 6.40. The molecule has 0 aromatic carbocycles. The van der Waals surface area contributed by atoms with Crippen LogP contribution in [0.5, 0.6) is 0 Å².